The summed E-state index contributed by atoms with van der Waals surface area (Å²) >= 11 is 1.98. The highest BCUT2D eigenvalue weighted by atomic mass is 127. The van der Waals surface area contributed by atoms with E-state index < -0.39 is 11.8 Å². The first-order valence-electron chi connectivity index (χ1n) is 9.06. The van der Waals surface area contributed by atoms with Crippen LogP contribution in [0.5, 0.6) is 11.5 Å². The molecule has 0 aromatic heterocycles. The van der Waals surface area contributed by atoms with Crippen LogP contribution in [0.1, 0.15) is 37.4 Å². The molecule has 2 aliphatic rings. The Bertz CT molecular complexity index is 1210. The van der Waals surface area contributed by atoms with Gasteiger partial charge in [-0.3, -0.25) is 9.59 Å². The Hall–Kier alpha value is -2.94. The molecular weight excluding hydrogens is 483 g/mol. The van der Waals surface area contributed by atoms with Crippen molar-refractivity contribution < 1.29 is 19.4 Å². The second-order valence-electron chi connectivity index (χ2n) is 7.01. The number of rotatable bonds is 3. The molecule has 7 heteroatoms. The van der Waals surface area contributed by atoms with Gasteiger partial charge < -0.3 is 9.84 Å². The minimum absolute atomic E-state index is 0.0353. The van der Waals surface area contributed by atoms with E-state index in [0.717, 1.165) is 28.6 Å². The Morgan fingerprint density at radius 1 is 1.03 bits per heavy atom. The summed E-state index contributed by atoms with van der Waals surface area (Å²) < 4.78 is 5.73. The maximum absolute atomic E-state index is 13.0. The number of methoxy groups -OCH3 is 1. The lowest BCUT2D eigenvalue weighted by Crippen LogP contribution is -2.36. The van der Waals surface area contributed by atoms with E-state index in [1.165, 1.54) is 24.5 Å². The zero-order chi connectivity index (χ0) is 20.3. The molecule has 0 bridgehead atoms. The van der Waals surface area contributed by atoms with E-state index in [-0.39, 0.29) is 5.75 Å². The summed E-state index contributed by atoms with van der Waals surface area (Å²) in [5.74, 6) is -0.541. The number of aromatic hydroxyl groups is 1. The number of phenols is 1. The van der Waals surface area contributed by atoms with E-state index in [4.69, 9.17) is 4.74 Å². The fourth-order valence-corrected chi connectivity index (χ4v) is 4.68. The number of benzene rings is 3. The van der Waals surface area contributed by atoms with Crippen molar-refractivity contribution in [2.24, 2.45) is 5.10 Å². The highest BCUT2D eigenvalue weighted by Gasteiger charge is 2.35. The average molecular weight is 498 g/mol. The van der Waals surface area contributed by atoms with Crippen LogP contribution in [0.2, 0.25) is 0 Å². The van der Waals surface area contributed by atoms with Crippen molar-refractivity contribution in [2.45, 2.75) is 12.8 Å². The minimum Gasteiger partial charge on any atom is -0.504 e. The van der Waals surface area contributed by atoms with Crippen molar-refractivity contribution in [1.29, 1.82) is 0 Å². The van der Waals surface area contributed by atoms with Crippen molar-refractivity contribution >= 4 is 51.4 Å². The minimum atomic E-state index is -0.435. The van der Waals surface area contributed by atoms with Crippen molar-refractivity contribution in [2.75, 3.05) is 7.11 Å². The van der Waals surface area contributed by atoms with Crippen molar-refractivity contribution in [3.8, 4) is 11.5 Å². The van der Waals surface area contributed by atoms with E-state index >= 15 is 0 Å². The molecule has 2 amide bonds. The van der Waals surface area contributed by atoms with Crippen LogP contribution in [-0.4, -0.2) is 35.3 Å². The zero-order valence-electron chi connectivity index (χ0n) is 15.4. The quantitative estimate of drug-likeness (QED) is 0.338. The molecule has 0 fully saturated rings. The highest BCUT2D eigenvalue weighted by molar-refractivity contribution is 14.1. The van der Waals surface area contributed by atoms with E-state index in [0.29, 0.717) is 26.0 Å². The normalized spacial score (nSPS) is 15.0. The van der Waals surface area contributed by atoms with E-state index in [9.17, 15) is 14.7 Å². The standard InChI is InChI=1S/C22H15IN2O4/c1-29-17-9-11(8-16(23)20(17)26)10-24-25-21(27)14-6-4-12-2-3-13-5-7-15(22(25)28)19(14)18(12)13/h4-10,26H,2-3H2,1H3/b24-10-. The van der Waals surface area contributed by atoms with E-state index in [1.54, 1.807) is 24.3 Å². The third-order valence-electron chi connectivity index (χ3n) is 5.44. The average Bonchev–Trinajstić information content (AvgIpc) is 3.15. The number of halogens is 1. The Morgan fingerprint density at radius 3 is 2.24 bits per heavy atom. The number of phenolic OH excluding ortho intramolecular Hbond substituents is 1. The summed E-state index contributed by atoms with van der Waals surface area (Å²) in [7, 11) is 1.45. The molecule has 0 unspecified atom stereocenters. The first-order chi connectivity index (χ1) is 14.0. The van der Waals surface area contributed by atoms with Crippen molar-refractivity contribution in [3.05, 3.63) is 67.8 Å². The lowest BCUT2D eigenvalue weighted by Gasteiger charge is -2.23. The van der Waals surface area contributed by atoms with Crippen LogP contribution in [0.15, 0.2) is 41.5 Å². The lowest BCUT2D eigenvalue weighted by molar-refractivity contribution is 0.0616. The van der Waals surface area contributed by atoms with Crippen LogP contribution in [0, 0.1) is 3.57 Å². The van der Waals surface area contributed by atoms with Crippen LogP contribution in [-0.2, 0) is 12.8 Å². The molecule has 29 heavy (non-hydrogen) atoms. The number of ether oxygens (including phenoxy) is 1. The van der Waals surface area contributed by atoms with Crippen LogP contribution in [0.4, 0.5) is 0 Å². The molecule has 5 rings (SSSR count). The van der Waals surface area contributed by atoms with Gasteiger partial charge in [-0.15, -0.1) is 0 Å². The maximum atomic E-state index is 13.0. The van der Waals surface area contributed by atoms with Gasteiger partial charge in [0.05, 0.1) is 28.0 Å². The van der Waals surface area contributed by atoms with Gasteiger partial charge in [0.15, 0.2) is 11.5 Å². The topological polar surface area (TPSA) is 79.2 Å². The van der Waals surface area contributed by atoms with Gasteiger partial charge in [0.1, 0.15) is 0 Å². The second kappa shape index (κ2) is 6.55. The summed E-state index contributed by atoms with van der Waals surface area (Å²) in [6.45, 7) is 0. The fourth-order valence-electron chi connectivity index (χ4n) is 4.06. The number of carbonyl (C=O) groups excluding carboxylic acids is 2. The van der Waals surface area contributed by atoms with Crippen LogP contribution in [0.3, 0.4) is 0 Å². The number of nitrogens with zero attached hydrogens (tertiary/aromatic N) is 2. The van der Waals surface area contributed by atoms with Gasteiger partial charge in [-0.05, 0) is 81.8 Å². The van der Waals surface area contributed by atoms with E-state index in [1.807, 2.05) is 34.7 Å². The van der Waals surface area contributed by atoms with Crippen molar-refractivity contribution in [1.82, 2.24) is 5.01 Å². The molecule has 1 aliphatic carbocycles. The molecule has 6 nitrogen and oxygen atoms in total. The Morgan fingerprint density at radius 2 is 1.66 bits per heavy atom. The van der Waals surface area contributed by atoms with Crippen LogP contribution in [0.25, 0.3) is 10.8 Å². The second-order valence-corrected chi connectivity index (χ2v) is 8.18. The van der Waals surface area contributed by atoms with Crippen molar-refractivity contribution in [3.63, 3.8) is 0 Å². The number of hydrogen-bond donors (Lipinski definition) is 1. The van der Waals surface area contributed by atoms with Crippen LogP contribution >= 0.6 is 22.6 Å². The Labute approximate surface area is 179 Å². The molecule has 0 saturated heterocycles. The molecule has 1 N–H and O–H groups in total. The largest absolute Gasteiger partial charge is 0.504 e. The molecule has 0 atom stereocenters. The first kappa shape index (κ1) is 18.1. The third-order valence-corrected chi connectivity index (χ3v) is 6.26. The zero-order valence-corrected chi connectivity index (χ0v) is 17.6. The maximum Gasteiger partial charge on any atom is 0.282 e. The Kier molecular flexibility index (Phi) is 4.09. The number of imide groups is 1. The van der Waals surface area contributed by atoms with Gasteiger partial charge in [0.2, 0.25) is 0 Å². The highest BCUT2D eigenvalue weighted by Crippen LogP contribution is 2.38. The number of amides is 2. The number of aryl methyl sites for hydroxylation is 2. The SMILES string of the molecule is COc1cc(/C=N\N2C(=O)c3ccc4c5c(ccc(c35)C2=O)CC4)cc(I)c1O. The molecule has 0 radical (unpaired) electrons. The number of hydrogen-bond acceptors (Lipinski definition) is 5. The fraction of sp³-hybridized carbons (Fsp3) is 0.136. The van der Waals surface area contributed by atoms with Crippen LogP contribution < -0.4 is 4.74 Å². The molecule has 3 aromatic carbocycles. The van der Waals surface area contributed by atoms with Gasteiger partial charge in [0.25, 0.3) is 11.8 Å². The smallest absolute Gasteiger partial charge is 0.282 e. The summed E-state index contributed by atoms with van der Waals surface area (Å²) in [5, 5.41) is 16.8. The molecule has 0 spiro atoms. The predicted molar refractivity (Wildman–Crippen MR) is 117 cm³/mol. The third kappa shape index (κ3) is 2.64. The lowest BCUT2D eigenvalue weighted by atomic mass is 9.92. The molecular formula is C22H15IN2O4. The molecule has 144 valence electrons. The summed E-state index contributed by atoms with van der Waals surface area (Å²) in [6.07, 6.45) is 3.28. The first-order valence-corrected chi connectivity index (χ1v) is 10.1. The molecule has 3 aromatic rings. The monoisotopic (exact) mass is 498 g/mol. The number of hydrazone groups is 1. The van der Waals surface area contributed by atoms with Gasteiger partial charge in [0, 0.05) is 5.39 Å². The van der Waals surface area contributed by atoms with Gasteiger partial charge in [-0.1, -0.05) is 12.1 Å². The summed E-state index contributed by atoms with van der Waals surface area (Å²) in [6, 6.07) is 10.8. The van der Waals surface area contributed by atoms with Gasteiger partial charge in [-0.25, -0.2) is 0 Å². The predicted octanol–water partition coefficient (Wildman–Crippen LogP) is 3.89. The molecule has 0 saturated carbocycles. The van der Waals surface area contributed by atoms with Gasteiger partial charge >= 0.3 is 0 Å². The summed E-state index contributed by atoms with van der Waals surface area (Å²) in [5.41, 5.74) is 3.96. The van der Waals surface area contributed by atoms with Gasteiger partial charge in [-0.2, -0.15) is 10.1 Å². The molecule has 1 aliphatic heterocycles. The number of carbonyl (C=O) groups is 2. The Balaban J connectivity index is 1.58. The summed E-state index contributed by atoms with van der Waals surface area (Å²) in [4.78, 5) is 26.1. The van der Waals surface area contributed by atoms with E-state index in [2.05, 4.69) is 5.10 Å². The molecule has 1 heterocycles.